The minimum absolute atomic E-state index is 0.339. The van der Waals surface area contributed by atoms with Crippen LogP contribution in [-0.4, -0.2) is 4.98 Å². The molecule has 5 rings (SSSR count). The van der Waals surface area contributed by atoms with E-state index in [0.29, 0.717) is 23.7 Å². The fourth-order valence-corrected chi connectivity index (χ4v) is 6.15. The molecule has 0 saturated heterocycles. The SMILES string of the molecule is C#C/C=C\c1c(C)cc(-c2nccc3c2oc2cc(-c4c(C(C)C)cc(C(C)C)cc4C(C)C)ccc23)cc1C(C)C. The molecule has 0 spiro atoms. The number of fused-ring (bicyclic) bond motifs is 3. The van der Waals surface area contributed by atoms with Gasteiger partial charge in [0.25, 0.3) is 0 Å². The van der Waals surface area contributed by atoms with Crippen molar-refractivity contribution in [2.75, 3.05) is 0 Å². The van der Waals surface area contributed by atoms with E-state index in [1.54, 1.807) is 6.08 Å². The minimum atomic E-state index is 0.339. The first-order chi connectivity index (χ1) is 20.0. The van der Waals surface area contributed by atoms with Crippen LogP contribution in [0.5, 0.6) is 0 Å². The lowest BCUT2D eigenvalue weighted by Gasteiger charge is -2.23. The largest absolute Gasteiger partial charge is 0.454 e. The van der Waals surface area contributed by atoms with E-state index in [4.69, 9.17) is 15.8 Å². The number of aryl methyl sites for hydroxylation is 1. The minimum Gasteiger partial charge on any atom is -0.454 e. The van der Waals surface area contributed by atoms with E-state index in [2.05, 4.69) is 117 Å². The smallest absolute Gasteiger partial charge is 0.161 e. The third-order valence-electron chi connectivity index (χ3n) is 8.47. The van der Waals surface area contributed by atoms with Gasteiger partial charge in [0.2, 0.25) is 0 Å². The van der Waals surface area contributed by atoms with Crippen LogP contribution >= 0.6 is 0 Å². The van der Waals surface area contributed by atoms with Crippen molar-refractivity contribution in [3.05, 3.63) is 94.2 Å². The Labute approximate surface area is 251 Å². The van der Waals surface area contributed by atoms with Crippen LogP contribution in [0.4, 0.5) is 0 Å². The zero-order valence-corrected chi connectivity index (χ0v) is 26.6. The molecular weight excluding hydrogens is 510 g/mol. The van der Waals surface area contributed by atoms with Crippen molar-refractivity contribution < 1.29 is 4.42 Å². The summed E-state index contributed by atoms with van der Waals surface area (Å²) < 4.78 is 6.70. The molecule has 3 aromatic carbocycles. The fraction of sp³-hybridized carbons (Fsp3) is 0.325. The first-order valence-corrected chi connectivity index (χ1v) is 15.3. The zero-order chi connectivity index (χ0) is 30.3. The van der Waals surface area contributed by atoms with Crippen molar-refractivity contribution in [1.29, 1.82) is 0 Å². The first-order valence-electron chi connectivity index (χ1n) is 15.3. The van der Waals surface area contributed by atoms with Crippen LogP contribution in [0.25, 0.3) is 50.4 Å². The number of rotatable bonds is 7. The van der Waals surface area contributed by atoms with E-state index < -0.39 is 0 Å². The van der Waals surface area contributed by atoms with Crippen LogP contribution in [0.2, 0.25) is 0 Å². The molecule has 2 heterocycles. The summed E-state index contributed by atoms with van der Waals surface area (Å²) in [5.41, 5.74) is 14.0. The van der Waals surface area contributed by atoms with Gasteiger partial charge in [-0.25, -0.2) is 0 Å². The Kier molecular flexibility index (Phi) is 8.16. The maximum atomic E-state index is 6.70. The van der Waals surface area contributed by atoms with Gasteiger partial charge in [0.05, 0.1) is 0 Å². The summed E-state index contributed by atoms with van der Waals surface area (Å²) >= 11 is 0. The molecule has 0 aliphatic carbocycles. The van der Waals surface area contributed by atoms with E-state index >= 15 is 0 Å². The van der Waals surface area contributed by atoms with Gasteiger partial charge in [0.15, 0.2) is 5.58 Å². The summed E-state index contributed by atoms with van der Waals surface area (Å²) in [5.74, 6) is 4.28. The molecule has 0 unspecified atom stereocenters. The molecule has 2 nitrogen and oxygen atoms in total. The third-order valence-corrected chi connectivity index (χ3v) is 8.47. The second kappa shape index (κ2) is 11.7. The van der Waals surface area contributed by atoms with Crippen LogP contribution in [0.3, 0.4) is 0 Å². The molecule has 5 aromatic rings. The van der Waals surface area contributed by atoms with E-state index in [1.807, 2.05) is 12.3 Å². The van der Waals surface area contributed by atoms with Crippen molar-refractivity contribution in [3.63, 3.8) is 0 Å². The molecule has 214 valence electrons. The van der Waals surface area contributed by atoms with Crippen molar-refractivity contribution in [2.24, 2.45) is 0 Å². The van der Waals surface area contributed by atoms with Gasteiger partial charge in [-0.3, -0.25) is 4.98 Å². The number of pyridine rings is 1. The first kappa shape index (κ1) is 29.4. The quantitative estimate of drug-likeness (QED) is 0.187. The summed E-state index contributed by atoms with van der Waals surface area (Å²) in [6.07, 6.45) is 11.2. The predicted octanol–water partition coefficient (Wildman–Crippen LogP) is 11.8. The highest BCUT2D eigenvalue weighted by molar-refractivity contribution is 6.09. The summed E-state index contributed by atoms with van der Waals surface area (Å²) in [7, 11) is 0. The highest BCUT2D eigenvalue weighted by atomic mass is 16.3. The van der Waals surface area contributed by atoms with E-state index in [9.17, 15) is 0 Å². The standard InChI is InChI=1S/C40H43NO/c1-11-12-13-31-27(10)18-30(21-34(31)24(4)5)39-40-33(16-17-41-39)32-15-14-28(22-37(32)42-40)38-35(25(6)7)19-29(23(2)3)20-36(38)26(8)9/h1,12-26H,2-10H3/b13-12-. The number of hydrogen-bond acceptors (Lipinski definition) is 2. The Bertz CT molecular complexity index is 1820. The zero-order valence-electron chi connectivity index (χ0n) is 26.6. The van der Waals surface area contributed by atoms with Gasteiger partial charge < -0.3 is 4.42 Å². The van der Waals surface area contributed by atoms with Crippen LogP contribution < -0.4 is 0 Å². The monoisotopic (exact) mass is 553 g/mol. The van der Waals surface area contributed by atoms with E-state index in [-0.39, 0.29) is 0 Å². The Morgan fingerprint density at radius 1 is 0.738 bits per heavy atom. The van der Waals surface area contributed by atoms with E-state index in [0.717, 1.165) is 33.2 Å². The summed E-state index contributed by atoms with van der Waals surface area (Å²) in [6, 6.07) is 18.1. The maximum absolute atomic E-state index is 6.70. The molecule has 0 N–H and O–H groups in total. The normalized spacial score (nSPS) is 12.2. The third kappa shape index (κ3) is 5.30. The van der Waals surface area contributed by atoms with Crippen LogP contribution in [-0.2, 0) is 0 Å². The van der Waals surface area contributed by atoms with Gasteiger partial charge in [-0.1, -0.05) is 79.5 Å². The molecule has 42 heavy (non-hydrogen) atoms. The predicted molar refractivity (Wildman–Crippen MR) is 181 cm³/mol. The lowest BCUT2D eigenvalue weighted by atomic mass is 9.81. The topological polar surface area (TPSA) is 26.0 Å². The highest BCUT2D eigenvalue weighted by Crippen LogP contribution is 2.42. The average Bonchev–Trinajstić information content (AvgIpc) is 3.33. The van der Waals surface area contributed by atoms with Gasteiger partial charge in [0, 0.05) is 22.5 Å². The Balaban J connectivity index is 1.73. The highest BCUT2D eigenvalue weighted by Gasteiger charge is 2.21. The molecule has 0 aliphatic heterocycles. The van der Waals surface area contributed by atoms with Gasteiger partial charge in [-0.15, -0.1) is 6.42 Å². The molecule has 0 atom stereocenters. The maximum Gasteiger partial charge on any atom is 0.161 e. The van der Waals surface area contributed by atoms with Crippen molar-refractivity contribution in [2.45, 2.75) is 86.0 Å². The summed E-state index contributed by atoms with van der Waals surface area (Å²) in [4.78, 5) is 4.84. The van der Waals surface area contributed by atoms with Crippen LogP contribution in [0.1, 0.15) is 112 Å². The van der Waals surface area contributed by atoms with Crippen molar-refractivity contribution in [1.82, 2.24) is 4.98 Å². The summed E-state index contributed by atoms with van der Waals surface area (Å²) in [6.45, 7) is 20.3. The number of aromatic nitrogens is 1. The summed E-state index contributed by atoms with van der Waals surface area (Å²) in [5, 5.41) is 2.20. The number of nitrogens with zero attached hydrogens (tertiary/aromatic N) is 1. The lowest BCUT2D eigenvalue weighted by molar-refractivity contribution is 0.668. The molecule has 2 heteroatoms. The Morgan fingerprint density at radius 3 is 2.00 bits per heavy atom. The molecule has 0 amide bonds. The molecule has 0 saturated carbocycles. The average molecular weight is 554 g/mol. The van der Waals surface area contributed by atoms with Gasteiger partial charge in [0.1, 0.15) is 11.3 Å². The molecule has 0 fully saturated rings. The molecule has 0 aliphatic rings. The van der Waals surface area contributed by atoms with E-state index in [1.165, 1.54) is 44.5 Å². The van der Waals surface area contributed by atoms with Crippen molar-refractivity contribution >= 4 is 28.0 Å². The number of terminal acetylenes is 1. The van der Waals surface area contributed by atoms with Crippen LogP contribution in [0.15, 0.2) is 65.2 Å². The number of hydrogen-bond donors (Lipinski definition) is 0. The van der Waals surface area contributed by atoms with Gasteiger partial charge in [-0.2, -0.15) is 0 Å². The Morgan fingerprint density at radius 2 is 1.40 bits per heavy atom. The van der Waals surface area contributed by atoms with Crippen molar-refractivity contribution in [3.8, 4) is 34.7 Å². The van der Waals surface area contributed by atoms with Gasteiger partial charge in [-0.05, 0) is 118 Å². The number of benzene rings is 3. The van der Waals surface area contributed by atoms with Gasteiger partial charge >= 0.3 is 0 Å². The molecular formula is C40H43NO. The molecule has 0 radical (unpaired) electrons. The fourth-order valence-electron chi connectivity index (χ4n) is 6.15. The second-order valence-corrected chi connectivity index (χ2v) is 12.8. The molecule has 2 aromatic heterocycles. The Hall–Kier alpha value is -4.09. The van der Waals surface area contributed by atoms with Crippen LogP contribution in [0, 0.1) is 19.3 Å². The second-order valence-electron chi connectivity index (χ2n) is 12.8. The number of allylic oxidation sites excluding steroid dienone is 1. The molecule has 0 bridgehead atoms. The lowest BCUT2D eigenvalue weighted by Crippen LogP contribution is -2.03. The number of furan rings is 1.